The summed E-state index contributed by atoms with van der Waals surface area (Å²) in [6.07, 6.45) is 0. The van der Waals surface area contributed by atoms with Crippen LogP contribution in [0.3, 0.4) is 0 Å². The highest BCUT2D eigenvalue weighted by Crippen LogP contribution is 2.39. The quantitative estimate of drug-likeness (QED) is 0.598. The molecule has 0 saturated carbocycles. The zero-order valence-electron chi connectivity index (χ0n) is 16.5. The minimum atomic E-state index is -0.202. The lowest BCUT2D eigenvalue weighted by Crippen LogP contribution is -2.18. The van der Waals surface area contributed by atoms with Gasteiger partial charge in [0.05, 0.1) is 0 Å². The fraction of sp³-hybridized carbons (Fsp3) is 0.429. The fourth-order valence-corrected chi connectivity index (χ4v) is 3.08. The summed E-state index contributed by atoms with van der Waals surface area (Å²) in [5.74, 6) is 0.216. The van der Waals surface area contributed by atoms with Crippen LogP contribution in [-0.4, -0.2) is 20.1 Å². The number of halogens is 1. The van der Waals surface area contributed by atoms with Crippen LogP contribution in [0.4, 0.5) is 0 Å². The zero-order valence-corrected chi connectivity index (χ0v) is 17.2. The van der Waals surface area contributed by atoms with E-state index in [0.29, 0.717) is 16.2 Å². The van der Waals surface area contributed by atoms with Gasteiger partial charge in [0.15, 0.2) is 0 Å². The van der Waals surface area contributed by atoms with E-state index >= 15 is 0 Å². The Morgan fingerprint density at radius 1 is 0.885 bits per heavy atom. The molecule has 26 heavy (non-hydrogen) atoms. The number of rotatable bonds is 1. The van der Waals surface area contributed by atoms with Gasteiger partial charge < -0.3 is 5.11 Å². The van der Waals surface area contributed by atoms with Crippen LogP contribution < -0.4 is 0 Å². The Hall–Kier alpha value is -2.07. The number of phenolic OH excluding ortho intramolecular Hbond substituents is 1. The second-order valence-corrected chi connectivity index (χ2v) is 9.38. The first-order valence-corrected chi connectivity index (χ1v) is 9.17. The second kappa shape index (κ2) is 5.98. The third-order valence-corrected chi connectivity index (χ3v) is 5.05. The van der Waals surface area contributed by atoms with E-state index in [1.54, 1.807) is 0 Å². The van der Waals surface area contributed by atoms with E-state index in [4.69, 9.17) is 11.6 Å². The number of benzene rings is 2. The van der Waals surface area contributed by atoms with E-state index in [-0.39, 0.29) is 16.6 Å². The van der Waals surface area contributed by atoms with Gasteiger partial charge in [0, 0.05) is 10.6 Å². The molecular formula is C21H26ClN3O. The molecule has 2 aromatic carbocycles. The maximum absolute atomic E-state index is 11.0. The van der Waals surface area contributed by atoms with Crippen molar-refractivity contribution in [3.63, 3.8) is 0 Å². The summed E-state index contributed by atoms with van der Waals surface area (Å²) < 4.78 is 0. The van der Waals surface area contributed by atoms with Gasteiger partial charge in [0.25, 0.3) is 0 Å². The van der Waals surface area contributed by atoms with Crippen LogP contribution in [0.25, 0.3) is 16.7 Å². The first kappa shape index (κ1) is 18.7. The first-order chi connectivity index (χ1) is 11.9. The number of fused-ring (bicyclic) bond motifs is 1. The normalized spacial score (nSPS) is 12.8. The van der Waals surface area contributed by atoms with Crippen molar-refractivity contribution in [1.82, 2.24) is 15.0 Å². The van der Waals surface area contributed by atoms with Gasteiger partial charge in [-0.1, -0.05) is 59.2 Å². The molecule has 0 radical (unpaired) electrons. The molecule has 4 nitrogen and oxygen atoms in total. The number of aryl methyl sites for hydroxylation is 1. The van der Waals surface area contributed by atoms with Gasteiger partial charge in [-0.2, -0.15) is 0 Å². The number of aromatic hydroxyl groups is 1. The molecule has 3 rings (SSSR count). The van der Waals surface area contributed by atoms with Crippen molar-refractivity contribution in [1.29, 1.82) is 0 Å². The van der Waals surface area contributed by atoms with Crippen LogP contribution in [0.1, 0.15) is 58.2 Å². The van der Waals surface area contributed by atoms with Gasteiger partial charge in [-0.3, -0.25) is 0 Å². The highest BCUT2D eigenvalue weighted by molar-refractivity contribution is 6.32. The van der Waals surface area contributed by atoms with Crippen LogP contribution in [0, 0.1) is 6.92 Å². The van der Waals surface area contributed by atoms with Gasteiger partial charge >= 0.3 is 0 Å². The zero-order chi connectivity index (χ0) is 19.4. The number of hydrogen-bond donors (Lipinski definition) is 1. The minimum Gasteiger partial charge on any atom is -0.505 e. The van der Waals surface area contributed by atoms with Crippen molar-refractivity contribution in [2.75, 3.05) is 0 Å². The molecule has 138 valence electrons. The summed E-state index contributed by atoms with van der Waals surface area (Å²) in [6, 6.07) is 7.78. The predicted octanol–water partition coefficient (Wildman–Crippen LogP) is 5.68. The standard InChI is InChI=1S/C21H26ClN3O/c1-12-8-16-17(11-15(12)22)24-25(23-16)18-10-13(20(2,3)4)9-14(19(18)26)21(5,6)7/h8-11,26H,1-7H3. The van der Waals surface area contributed by atoms with Crippen LogP contribution in [-0.2, 0) is 10.8 Å². The van der Waals surface area contributed by atoms with Gasteiger partial charge in [-0.15, -0.1) is 15.0 Å². The Balaban J connectivity index is 2.30. The Kier molecular flexibility index (Phi) is 4.31. The Morgan fingerprint density at radius 3 is 2.00 bits per heavy atom. The Bertz CT molecular complexity index is 952. The molecule has 0 spiro atoms. The van der Waals surface area contributed by atoms with Crippen molar-refractivity contribution < 1.29 is 5.11 Å². The van der Waals surface area contributed by atoms with Crippen LogP contribution in [0.2, 0.25) is 5.02 Å². The molecule has 0 fully saturated rings. The fourth-order valence-electron chi connectivity index (χ4n) is 2.93. The molecule has 1 aromatic heterocycles. The van der Waals surface area contributed by atoms with Crippen molar-refractivity contribution in [2.45, 2.75) is 59.3 Å². The van der Waals surface area contributed by atoms with Crippen LogP contribution in [0.5, 0.6) is 5.75 Å². The van der Waals surface area contributed by atoms with Gasteiger partial charge in [-0.25, -0.2) is 0 Å². The van der Waals surface area contributed by atoms with Gasteiger partial charge in [0.2, 0.25) is 0 Å². The van der Waals surface area contributed by atoms with Crippen LogP contribution in [0.15, 0.2) is 24.3 Å². The SMILES string of the molecule is Cc1cc2nn(-c3cc(C(C)(C)C)cc(C(C)(C)C)c3O)nc2cc1Cl. The lowest BCUT2D eigenvalue weighted by atomic mass is 9.80. The van der Waals surface area contributed by atoms with E-state index in [1.165, 1.54) is 4.80 Å². The molecular weight excluding hydrogens is 346 g/mol. The summed E-state index contributed by atoms with van der Waals surface area (Å²) in [6.45, 7) is 14.7. The lowest BCUT2D eigenvalue weighted by molar-refractivity contribution is 0.438. The molecule has 1 heterocycles. The molecule has 0 aliphatic carbocycles. The van der Waals surface area contributed by atoms with E-state index in [9.17, 15) is 5.11 Å². The summed E-state index contributed by atoms with van der Waals surface area (Å²) >= 11 is 6.22. The topological polar surface area (TPSA) is 50.9 Å². The van der Waals surface area contributed by atoms with E-state index in [2.05, 4.69) is 57.8 Å². The van der Waals surface area contributed by atoms with Crippen molar-refractivity contribution in [2.24, 2.45) is 0 Å². The molecule has 0 atom stereocenters. The maximum Gasteiger partial charge on any atom is 0.146 e. The summed E-state index contributed by atoms with van der Waals surface area (Å²) in [5.41, 5.74) is 4.76. The Labute approximate surface area is 159 Å². The monoisotopic (exact) mass is 371 g/mol. The first-order valence-electron chi connectivity index (χ1n) is 8.79. The molecule has 0 aliphatic heterocycles. The summed E-state index contributed by atoms with van der Waals surface area (Å²) in [7, 11) is 0. The number of hydrogen-bond acceptors (Lipinski definition) is 3. The van der Waals surface area contributed by atoms with Gasteiger partial charge in [-0.05, 0) is 47.1 Å². The number of phenols is 1. The predicted molar refractivity (Wildman–Crippen MR) is 108 cm³/mol. The highest BCUT2D eigenvalue weighted by Gasteiger charge is 2.26. The van der Waals surface area contributed by atoms with E-state index in [1.807, 2.05) is 25.1 Å². The molecule has 0 saturated heterocycles. The average Bonchev–Trinajstić information content (AvgIpc) is 2.88. The molecule has 0 aliphatic rings. The van der Waals surface area contributed by atoms with Crippen molar-refractivity contribution in [3.05, 3.63) is 46.0 Å². The van der Waals surface area contributed by atoms with Crippen LogP contribution >= 0.6 is 11.6 Å². The van der Waals surface area contributed by atoms with Gasteiger partial charge in [0.1, 0.15) is 22.5 Å². The summed E-state index contributed by atoms with van der Waals surface area (Å²) in [4.78, 5) is 1.51. The third kappa shape index (κ3) is 3.30. The molecule has 0 bridgehead atoms. The highest BCUT2D eigenvalue weighted by atomic mass is 35.5. The second-order valence-electron chi connectivity index (χ2n) is 8.97. The number of nitrogens with zero attached hydrogens (tertiary/aromatic N) is 3. The maximum atomic E-state index is 11.0. The number of aromatic nitrogens is 3. The summed E-state index contributed by atoms with van der Waals surface area (Å²) in [5, 5.41) is 20.8. The van der Waals surface area contributed by atoms with Crippen molar-refractivity contribution in [3.8, 4) is 11.4 Å². The smallest absolute Gasteiger partial charge is 0.146 e. The van der Waals surface area contributed by atoms with E-state index in [0.717, 1.165) is 22.2 Å². The molecule has 3 aromatic rings. The molecule has 0 unspecified atom stereocenters. The lowest BCUT2D eigenvalue weighted by Gasteiger charge is -2.27. The largest absolute Gasteiger partial charge is 0.505 e. The molecule has 0 amide bonds. The minimum absolute atomic E-state index is 0.0606. The molecule has 1 N–H and O–H groups in total. The van der Waals surface area contributed by atoms with E-state index < -0.39 is 0 Å². The third-order valence-electron chi connectivity index (χ3n) is 4.64. The average molecular weight is 372 g/mol. The molecule has 5 heteroatoms. The Morgan fingerprint density at radius 2 is 1.46 bits per heavy atom. The van der Waals surface area contributed by atoms with Crippen molar-refractivity contribution >= 4 is 22.6 Å².